The Bertz CT molecular complexity index is 815. The van der Waals surface area contributed by atoms with E-state index in [1.807, 2.05) is 18.7 Å². The largest absolute Gasteiger partial charge is 0.354 e. The SMILES string of the molecule is CNS(=O)(=O)c1cc(NC(=O)CN2CCC(C(=O)NC(C)C)CC2)ccc1C. The van der Waals surface area contributed by atoms with Crippen molar-refractivity contribution in [3.8, 4) is 0 Å². The summed E-state index contributed by atoms with van der Waals surface area (Å²) in [5, 5.41) is 5.70. The highest BCUT2D eigenvalue weighted by atomic mass is 32.2. The van der Waals surface area contributed by atoms with E-state index in [9.17, 15) is 18.0 Å². The highest BCUT2D eigenvalue weighted by Crippen LogP contribution is 2.21. The maximum absolute atomic E-state index is 12.4. The van der Waals surface area contributed by atoms with E-state index in [4.69, 9.17) is 0 Å². The molecule has 3 N–H and O–H groups in total. The van der Waals surface area contributed by atoms with Gasteiger partial charge in [-0.1, -0.05) is 6.07 Å². The molecule has 0 unspecified atom stereocenters. The predicted octanol–water partition coefficient (Wildman–Crippen LogP) is 1.08. The molecular formula is C19H30N4O4S. The van der Waals surface area contributed by atoms with Crippen molar-refractivity contribution in [2.45, 2.75) is 44.6 Å². The molecule has 0 atom stereocenters. The van der Waals surface area contributed by atoms with Gasteiger partial charge in [0, 0.05) is 17.6 Å². The Kier molecular flexibility index (Phi) is 7.56. The summed E-state index contributed by atoms with van der Waals surface area (Å²) in [6.45, 7) is 7.15. The molecule has 1 aliphatic heterocycles. The third kappa shape index (κ3) is 6.02. The van der Waals surface area contributed by atoms with E-state index >= 15 is 0 Å². The normalized spacial score (nSPS) is 16.2. The summed E-state index contributed by atoms with van der Waals surface area (Å²) < 4.78 is 26.4. The molecule has 1 heterocycles. The number of carbonyl (C=O) groups excluding carboxylic acids is 2. The van der Waals surface area contributed by atoms with Crippen LogP contribution in [-0.2, 0) is 19.6 Å². The minimum Gasteiger partial charge on any atom is -0.354 e. The van der Waals surface area contributed by atoms with Gasteiger partial charge in [-0.2, -0.15) is 0 Å². The Hall–Kier alpha value is -1.97. The molecule has 0 bridgehead atoms. The van der Waals surface area contributed by atoms with Gasteiger partial charge >= 0.3 is 0 Å². The second kappa shape index (κ2) is 9.49. The number of amides is 2. The molecule has 1 saturated heterocycles. The smallest absolute Gasteiger partial charge is 0.240 e. The highest BCUT2D eigenvalue weighted by molar-refractivity contribution is 7.89. The monoisotopic (exact) mass is 410 g/mol. The molecule has 9 heteroatoms. The van der Waals surface area contributed by atoms with Crippen LogP contribution >= 0.6 is 0 Å². The molecule has 2 amide bonds. The van der Waals surface area contributed by atoms with Crippen molar-refractivity contribution in [3.63, 3.8) is 0 Å². The number of nitrogens with one attached hydrogen (secondary N) is 3. The Balaban J connectivity index is 1.90. The van der Waals surface area contributed by atoms with Gasteiger partial charge in [0.15, 0.2) is 0 Å². The summed E-state index contributed by atoms with van der Waals surface area (Å²) in [5.74, 6) is -0.133. The van der Waals surface area contributed by atoms with E-state index in [1.165, 1.54) is 13.1 Å². The number of likely N-dealkylation sites (tertiary alicyclic amines) is 1. The van der Waals surface area contributed by atoms with Crippen molar-refractivity contribution >= 4 is 27.5 Å². The minimum atomic E-state index is -3.59. The van der Waals surface area contributed by atoms with E-state index < -0.39 is 10.0 Å². The van der Waals surface area contributed by atoms with E-state index in [0.29, 0.717) is 24.3 Å². The van der Waals surface area contributed by atoms with Gasteiger partial charge in [0.2, 0.25) is 21.8 Å². The Labute approximate surface area is 167 Å². The standard InChI is InChI=1S/C19H30N4O4S/c1-13(2)21-19(25)15-7-9-23(10-8-15)12-18(24)22-16-6-5-14(3)17(11-16)28(26,27)20-4/h5-6,11,13,15,20H,7-10,12H2,1-4H3,(H,21,25)(H,22,24). The van der Waals surface area contributed by atoms with Crippen molar-refractivity contribution in [1.29, 1.82) is 0 Å². The highest BCUT2D eigenvalue weighted by Gasteiger charge is 2.26. The quantitative estimate of drug-likeness (QED) is 0.623. The van der Waals surface area contributed by atoms with Gasteiger partial charge in [0.25, 0.3) is 0 Å². The average molecular weight is 411 g/mol. The first-order valence-corrected chi connectivity index (χ1v) is 11.0. The van der Waals surface area contributed by atoms with Crippen molar-refractivity contribution in [2.75, 3.05) is 32.0 Å². The molecule has 0 saturated carbocycles. The number of aryl methyl sites for hydroxylation is 1. The number of nitrogens with zero attached hydrogens (tertiary/aromatic N) is 1. The van der Waals surface area contributed by atoms with Crippen LogP contribution in [0.15, 0.2) is 23.1 Å². The molecule has 156 valence electrons. The molecule has 1 aliphatic rings. The maximum Gasteiger partial charge on any atom is 0.240 e. The van der Waals surface area contributed by atoms with Crippen LogP contribution in [-0.4, -0.2) is 57.9 Å². The number of rotatable bonds is 7. The van der Waals surface area contributed by atoms with Gasteiger partial charge in [-0.05, 0) is 71.4 Å². The summed E-state index contributed by atoms with van der Waals surface area (Å²) >= 11 is 0. The number of hydrogen-bond acceptors (Lipinski definition) is 5. The first-order chi connectivity index (χ1) is 13.1. The zero-order chi connectivity index (χ0) is 20.9. The number of carbonyl (C=O) groups is 2. The van der Waals surface area contributed by atoms with Gasteiger partial charge in [-0.15, -0.1) is 0 Å². The number of benzene rings is 1. The lowest BCUT2D eigenvalue weighted by Gasteiger charge is -2.31. The van der Waals surface area contributed by atoms with Crippen LogP contribution in [0.3, 0.4) is 0 Å². The number of hydrogen-bond donors (Lipinski definition) is 3. The molecule has 0 radical (unpaired) electrons. The zero-order valence-electron chi connectivity index (χ0n) is 16.9. The van der Waals surface area contributed by atoms with Gasteiger partial charge in [0.05, 0.1) is 11.4 Å². The fourth-order valence-corrected chi connectivity index (χ4v) is 4.23. The molecule has 0 aliphatic carbocycles. The van der Waals surface area contributed by atoms with E-state index in [-0.39, 0.29) is 35.2 Å². The van der Waals surface area contributed by atoms with Crippen LogP contribution in [0.5, 0.6) is 0 Å². The number of sulfonamides is 1. The van der Waals surface area contributed by atoms with E-state index in [1.54, 1.807) is 19.1 Å². The van der Waals surface area contributed by atoms with Gasteiger partial charge < -0.3 is 10.6 Å². The Morgan fingerprint density at radius 3 is 2.43 bits per heavy atom. The molecule has 2 rings (SSSR count). The summed E-state index contributed by atoms with van der Waals surface area (Å²) in [5.41, 5.74) is 1.05. The molecule has 1 fully saturated rings. The van der Waals surface area contributed by atoms with Crippen molar-refractivity contribution in [3.05, 3.63) is 23.8 Å². The van der Waals surface area contributed by atoms with Gasteiger partial charge in [0.1, 0.15) is 0 Å². The van der Waals surface area contributed by atoms with Crippen molar-refractivity contribution < 1.29 is 18.0 Å². The van der Waals surface area contributed by atoms with Crippen LogP contribution in [0.1, 0.15) is 32.3 Å². The van der Waals surface area contributed by atoms with E-state index in [0.717, 1.165) is 12.8 Å². The fraction of sp³-hybridized carbons (Fsp3) is 0.579. The topological polar surface area (TPSA) is 108 Å². The summed E-state index contributed by atoms with van der Waals surface area (Å²) in [7, 11) is -2.23. The zero-order valence-corrected chi connectivity index (χ0v) is 17.7. The maximum atomic E-state index is 12.4. The lowest BCUT2D eigenvalue weighted by Crippen LogP contribution is -2.44. The summed E-state index contributed by atoms with van der Waals surface area (Å²) in [6.07, 6.45) is 1.45. The minimum absolute atomic E-state index is 0.00637. The molecule has 1 aromatic carbocycles. The van der Waals surface area contributed by atoms with E-state index in [2.05, 4.69) is 15.4 Å². The number of piperidine rings is 1. The van der Waals surface area contributed by atoms with Crippen molar-refractivity contribution in [1.82, 2.24) is 14.9 Å². The van der Waals surface area contributed by atoms with Crippen LogP contribution in [0.2, 0.25) is 0 Å². The van der Waals surface area contributed by atoms with Crippen LogP contribution in [0.4, 0.5) is 5.69 Å². The molecule has 0 aromatic heterocycles. The fourth-order valence-electron chi connectivity index (χ4n) is 3.24. The third-order valence-corrected chi connectivity index (χ3v) is 6.34. The van der Waals surface area contributed by atoms with Gasteiger partial charge in [-0.25, -0.2) is 13.1 Å². The summed E-state index contributed by atoms with van der Waals surface area (Å²) in [4.78, 5) is 26.6. The van der Waals surface area contributed by atoms with Crippen LogP contribution < -0.4 is 15.4 Å². The molecule has 28 heavy (non-hydrogen) atoms. The first kappa shape index (κ1) is 22.3. The molecule has 0 spiro atoms. The molecule has 1 aromatic rings. The lowest BCUT2D eigenvalue weighted by molar-refractivity contribution is -0.127. The third-order valence-electron chi connectivity index (χ3n) is 4.79. The van der Waals surface area contributed by atoms with Crippen molar-refractivity contribution in [2.24, 2.45) is 5.92 Å². The number of anilines is 1. The Morgan fingerprint density at radius 1 is 1.21 bits per heavy atom. The Morgan fingerprint density at radius 2 is 1.86 bits per heavy atom. The molecule has 8 nitrogen and oxygen atoms in total. The van der Waals surface area contributed by atoms with Crippen LogP contribution in [0, 0.1) is 12.8 Å². The predicted molar refractivity (Wildman–Crippen MR) is 108 cm³/mol. The average Bonchev–Trinajstić information content (AvgIpc) is 2.63. The second-order valence-corrected chi connectivity index (χ2v) is 9.30. The molecular weight excluding hydrogens is 380 g/mol. The lowest BCUT2D eigenvalue weighted by atomic mass is 9.95. The first-order valence-electron chi connectivity index (χ1n) is 9.49. The van der Waals surface area contributed by atoms with Gasteiger partial charge in [-0.3, -0.25) is 14.5 Å². The van der Waals surface area contributed by atoms with Crippen LogP contribution in [0.25, 0.3) is 0 Å². The second-order valence-electron chi connectivity index (χ2n) is 7.45. The summed E-state index contributed by atoms with van der Waals surface area (Å²) in [6, 6.07) is 4.94.